The summed E-state index contributed by atoms with van der Waals surface area (Å²) in [6.45, 7) is 0. The number of hydrogen-bond acceptors (Lipinski definition) is 4. The SMILES string of the molecule is N=C(N)Sc1cc(O)cc(Cl)c1O. The van der Waals surface area contributed by atoms with Gasteiger partial charge in [-0.2, -0.15) is 0 Å². The number of aromatic hydroxyl groups is 2. The van der Waals surface area contributed by atoms with Gasteiger partial charge in [0.25, 0.3) is 0 Å². The molecule has 0 aliphatic carbocycles. The molecule has 0 atom stereocenters. The number of nitrogens with one attached hydrogen (secondary N) is 1. The maximum absolute atomic E-state index is 9.35. The van der Waals surface area contributed by atoms with Crippen molar-refractivity contribution in [2.24, 2.45) is 5.73 Å². The zero-order chi connectivity index (χ0) is 10.0. The van der Waals surface area contributed by atoms with Gasteiger partial charge in [0.15, 0.2) is 5.17 Å². The molecule has 0 aliphatic rings. The first-order valence-corrected chi connectivity index (χ1v) is 4.43. The van der Waals surface area contributed by atoms with Crippen molar-refractivity contribution in [1.29, 1.82) is 5.41 Å². The molecule has 1 rings (SSSR count). The van der Waals surface area contributed by atoms with Crippen molar-refractivity contribution in [3.63, 3.8) is 0 Å². The first kappa shape index (κ1) is 10.0. The lowest BCUT2D eigenvalue weighted by molar-refractivity contribution is 0.449. The number of benzene rings is 1. The molecule has 0 saturated heterocycles. The molecule has 0 fully saturated rings. The fourth-order valence-electron chi connectivity index (χ4n) is 0.756. The van der Waals surface area contributed by atoms with Crippen LogP contribution in [0.5, 0.6) is 11.5 Å². The number of phenolic OH excluding ortho intramolecular Hbond substituents is 2. The molecule has 6 heteroatoms. The van der Waals surface area contributed by atoms with E-state index in [0.29, 0.717) is 0 Å². The molecule has 0 heterocycles. The highest BCUT2D eigenvalue weighted by Gasteiger charge is 2.09. The van der Waals surface area contributed by atoms with E-state index in [1.165, 1.54) is 12.1 Å². The maximum Gasteiger partial charge on any atom is 0.156 e. The molecule has 0 amide bonds. The van der Waals surface area contributed by atoms with Crippen molar-refractivity contribution in [2.45, 2.75) is 4.90 Å². The summed E-state index contributed by atoms with van der Waals surface area (Å²) in [5.41, 5.74) is 5.10. The van der Waals surface area contributed by atoms with Gasteiger partial charge in [-0.3, -0.25) is 5.41 Å². The van der Waals surface area contributed by atoms with Crippen molar-refractivity contribution < 1.29 is 10.2 Å². The van der Waals surface area contributed by atoms with Crippen LogP contribution < -0.4 is 5.73 Å². The summed E-state index contributed by atoms with van der Waals surface area (Å²) in [7, 11) is 0. The second-order valence-electron chi connectivity index (χ2n) is 2.24. The number of halogens is 1. The van der Waals surface area contributed by atoms with Gasteiger partial charge in [0.1, 0.15) is 11.5 Å². The standard InChI is InChI=1S/C7H7ClN2O2S/c8-4-1-3(11)2-5(6(4)12)13-7(9)10/h1-2,11-12H,(H3,9,10). The van der Waals surface area contributed by atoms with Gasteiger partial charge in [0, 0.05) is 6.07 Å². The van der Waals surface area contributed by atoms with Gasteiger partial charge in [-0.1, -0.05) is 11.6 Å². The third-order valence-corrected chi connectivity index (χ3v) is 2.27. The monoisotopic (exact) mass is 218 g/mol. The number of hydrogen-bond donors (Lipinski definition) is 4. The molecule has 5 N–H and O–H groups in total. The van der Waals surface area contributed by atoms with Gasteiger partial charge < -0.3 is 15.9 Å². The lowest BCUT2D eigenvalue weighted by Crippen LogP contribution is -2.02. The Morgan fingerprint density at radius 3 is 2.62 bits per heavy atom. The van der Waals surface area contributed by atoms with E-state index in [1.807, 2.05) is 0 Å². The van der Waals surface area contributed by atoms with E-state index >= 15 is 0 Å². The predicted molar refractivity (Wildman–Crippen MR) is 52.6 cm³/mol. The van der Waals surface area contributed by atoms with E-state index in [2.05, 4.69) is 0 Å². The van der Waals surface area contributed by atoms with Crippen LogP contribution in [0.15, 0.2) is 17.0 Å². The minimum Gasteiger partial charge on any atom is -0.508 e. The van der Waals surface area contributed by atoms with Gasteiger partial charge in [0.2, 0.25) is 0 Å². The summed E-state index contributed by atoms with van der Waals surface area (Å²) in [5.74, 6) is -0.258. The van der Waals surface area contributed by atoms with Gasteiger partial charge in [-0.25, -0.2) is 0 Å². The molecular weight excluding hydrogens is 212 g/mol. The number of nitrogens with two attached hydrogens (primary N) is 1. The normalized spacial score (nSPS) is 9.92. The molecule has 1 aromatic carbocycles. The van der Waals surface area contributed by atoms with Crippen LogP contribution in [0.4, 0.5) is 0 Å². The second kappa shape index (κ2) is 3.76. The zero-order valence-corrected chi connectivity index (χ0v) is 7.99. The average molecular weight is 219 g/mol. The molecule has 0 bridgehead atoms. The van der Waals surface area contributed by atoms with Crippen LogP contribution in [0.25, 0.3) is 0 Å². The Hall–Kier alpha value is -1.07. The first-order chi connectivity index (χ1) is 6.00. The van der Waals surface area contributed by atoms with Crippen molar-refractivity contribution in [2.75, 3.05) is 0 Å². The lowest BCUT2D eigenvalue weighted by atomic mass is 10.3. The topological polar surface area (TPSA) is 90.3 Å². The Morgan fingerprint density at radius 2 is 2.08 bits per heavy atom. The Labute approximate surface area is 83.8 Å². The quantitative estimate of drug-likeness (QED) is 0.250. The van der Waals surface area contributed by atoms with Crippen molar-refractivity contribution in [3.8, 4) is 11.5 Å². The van der Waals surface area contributed by atoms with Crippen LogP contribution in [0.3, 0.4) is 0 Å². The highest BCUT2D eigenvalue weighted by atomic mass is 35.5. The molecule has 0 aliphatic heterocycles. The minimum atomic E-state index is -0.183. The largest absolute Gasteiger partial charge is 0.508 e. The summed E-state index contributed by atoms with van der Waals surface area (Å²) in [6.07, 6.45) is 0. The molecule has 13 heavy (non-hydrogen) atoms. The Bertz CT molecular complexity index is 357. The van der Waals surface area contributed by atoms with Crippen LogP contribution in [-0.4, -0.2) is 15.4 Å². The molecular formula is C7H7ClN2O2S. The lowest BCUT2D eigenvalue weighted by Gasteiger charge is -2.04. The van der Waals surface area contributed by atoms with E-state index < -0.39 is 0 Å². The third kappa shape index (κ3) is 2.43. The van der Waals surface area contributed by atoms with Crippen LogP contribution >= 0.6 is 23.4 Å². The average Bonchev–Trinajstić information content (AvgIpc) is 1.98. The van der Waals surface area contributed by atoms with E-state index in [1.54, 1.807) is 0 Å². The highest BCUT2D eigenvalue weighted by Crippen LogP contribution is 2.37. The molecule has 0 unspecified atom stereocenters. The number of thioether (sulfide) groups is 1. The molecule has 1 aromatic rings. The summed E-state index contributed by atoms with van der Waals surface area (Å²) >= 11 is 6.39. The first-order valence-electron chi connectivity index (χ1n) is 3.24. The van der Waals surface area contributed by atoms with Crippen LogP contribution in [-0.2, 0) is 0 Å². The molecule has 0 aromatic heterocycles. The molecule has 4 nitrogen and oxygen atoms in total. The van der Waals surface area contributed by atoms with E-state index in [-0.39, 0.29) is 26.6 Å². The summed E-state index contributed by atoms with van der Waals surface area (Å²) in [4.78, 5) is 0.262. The smallest absolute Gasteiger partial charge is 0.156 e. The molecule has 0 saturated carbocycles. The van der Waals surface area contributed by atoms with Crippen molar-refractivity contribution >= 4 is 28.5 Å². The molecule has 70 valence electrons. The summed E-state index contributed by atoms with van der Waals surface area (Å²) in [6, 6.07) is 2.49. The van der Waals surface area contributed by atoms with E-state index in [9.17, 15) is 5.11 Å². The number of rotatable bonds is 1. The Kier molecular flexibility index (Phi) is 2.90. The summed E-state index contributed by atoms with van der Waals surface area (Å²) < 4.78 is 0. The van der Waals surface area contributed by atoms with E-state index in [0.717, 1.165) is 11.8 Å². The van der Waals surface area contributed by atoms with E-state index in [4.69, 9.17) is 27.9 Å². The van der Waals surface area contributed by atoms with Gasteiger partial charge >= 0.3 is 0 Å². The van der Waals surface area contributed by atoms with Gasteiger partial charge in [-0.15, -0.1) is 0 Å². The third-order valence-electron chi connectivity index (χ3n) is 1.23. The van der Waals surface area contributed by atoms with Crippen molar-refractivity contribution in [1.82, 2.24) is 0 Å². The maximum atomic E-state index is 9.35. The predicted octanol–water partition coefficient (Wildman–Crippen LogP) is 1.74. The van der Waals surface area contributed by atoms with Crippen LogP contribution in [0.2, 0.25) is 5.02 Å². The number of phenols is 2. The van der Waals surface area contributed by atoms with Crippen LogP contribution in [0, 0.1) is 5.41 Å². The Morgan fingerprint density at radius 1 is 1.46 bits per heavy atom. The zero-order valence-electron chi connectivity index (χ0n) is 6.41. The van der Waals surface area contributed by atoms with Gasteiger partial charge in [0.05, 0.1) is 9.92 Å². The fourth-order valence-corrected chi connectivity index (χ4v) is 1.65. The second-order valence-corrected chi connectivity index (χ2v) is 3.73. The summed E-state index contributed by atoms with van der Waals surface area (Å²) in [5, 5.41) is 25.3. The van der Waals surface area contributed by atoms with Crippen molar-refractivity contribution in [3.05, 3.63) is 17.2 Å². The fraction of sp³-hybridized carbons (Fsp3) is 0. The highest BCUT2D eigenvalue weighted by molar-refractivity contribution is 8.13. The minimum absolute atomic E-state index is 0.0313. The van der Waals surface area contributed by atoms with Crippen LogP contribution in [0.1, 0.15) is 0 Å². The molecule has 0 spiro atoms. The molecule has 0 radical (unpaired) electrons. The van der Waals surface area contributed by atoms with Gasteiger partial charge in [-0.05, 0) is 17.8 Å². The number of amidine groups is 1. The Balaban J connectivity index is 3.12.